The van der Waals surface area contributed by atoms with Crippen molar-refractivity contribution in [2.24, 2.45) is 11.5 Å². The van der Waals surface area contributed by atoms with Crippen molar-refractivity contribution in [2.45, 2.75) is 20.3 Å². The predicted molar refractivity (Wildman–Crippen MR) is 68.2 cm³/mol. The van der Waals surface area contributed by atoms with E-state index in [9.17, 15) is 0 Å². The summed E-state index contributed by atoms with van der Waals surface area (Å²) >= 11 is 0. The molecule has 5 nitrogen and oxygen atoms in total. The van der Waals surface area contributed by atoms with Crippen molar-refractivity contribution in [3.8, 4) is 0 Å². The van der Waals surface area contributed by atoms with Crippen LogP contribution in [0.1, 0.15) is 20.3 Å². The van der Waals surface area contributed by atoms with Crippen LogP contribution in [-0.2, 0) is 0 Å². The van der Waals surface area contributed by atoms with E-state index in [1.54, 1.807) is 11.1 Å². The Labute approximate surface area is 97.2 Å². The molecule has 0 bridgehead atoms. The van der Waals surface area contributed by atoms with Crippen LogP contribution in [0.25, 0.3) is 0 Å². The first kappa shape index (κ1) is 14.2. The Hall–Kier alpha value is -1.78. The molecule has 90 valence electrons. The van der Waals surface area contributed by atoms with Crippen LogP contribution in [0.15, 0.2) is 24.3 Å². The average Bonchev–Trinajstić information content (AvgIpc) is 2.27. The summed E-state index contributed by atoms with van der Waals surface area (Å²) in [6.07, 6.45) is 4.52. The summed E-state index contributed by atoms with van der Waals surface area (Å²) in [7, 11) is 1.82. The Balaban J connectivity index is 5.49. The first-order valence-corrected chi connectivity index (χ1v) is 5.25. The Kier molecular flexibility index (Phi) is 5.92. The molecule has 0 saturated heterocycles. The highest BCUT2D eigenvalue weighted by atomic mass is 15.3. The highest BCUT2D eigenvalue weighted by Crippen LogP contribution is 2.07. The van der Waals surface area contributed by atoms with Gasteiger partial charge in [0.2, 0.25) is 0 Å². The fourth-order valence-corrected chi connectivity index (χ4v) is 1.35. The number of rotatable bonds is 6. The van der Waals surface area contributed by atoms with Crippen molar-refractivity contribution < 1.29 is 4.58 Å². The molecular weight excluding hydrogens is 202 g/mol. The molecule has 0 aliphatic heterocycles. The minimum Gasteiger partial charge on any atom is -0.389 e. The first-order chi connectivity index (χ1) is 7.49. The molecule has 0 aromatic heterocycles. The largest absolute Gasteiger partial charge is 0.389 e. The summed E-state index contributed by atoms with van der Waals surface area (Å²) < 4.78 is 1.96. The molecule has 0 fully saturated rings. The molecule has 0 unspecified atom stereocenters. The molecule has 5 heteroatoms. The standard InChI is InChI=1S/C11H22N5/c1-5-8-16(7-3)11(15(4)6-2)9(12)10(13)14/h6-7H,2,5,8,12H2,1,3-4H3,(H3,13,14)/q+1/b11-9+,16-7-. The topological polar surface area (TPSA) is 82.1 Å². The molecule has 0 heterocycles. The monoisotopic (exact) mass is 224 g/mol. The van der Waals surface area contributed by atoms with Gasteiger partial charge in [0, 0.05) is 0 Å². The lowest BCUT2D eigenvalue weighted by Crippen LogP contribution is -2.32. The van der Waals surface area contributed by atoms with E-state index < -0.39 is 0 Å². The maximum Gasteiger partial charge on any atom is 0.308 e. The predicted octanol–water partition coefficient (Wildman–Crippen LogP) is 0.639. The van der Waals surface area contributed by atoms with E-state index in [0.29, 0.717) is 5.82 Å². The quantitative estimate of drug-likeness (QED) is 0.352. The molecule has 0 radical (unpaired) electrons. The molecular formula is C11H22N5+. The second-order valence-electron chi connectivity index (χ2n) is 3.40. The van der Waals surface area contributed by atoms with Crippen LogP contribution in [0.2, 0.25) is 0 Å². The summed E-state index contributed by atoms with van der Waals surface area (Å²) in [6, 6.07) is 0. The lowest BCUT2D eigenvalue weighted by molar-refractivity contribution is -0.489. The van der Waals surface area contributed by atoms with E-state index in [1.165, 1.54) is 0 Å². The summed E-state index contributed by atoms with van der Waals surface area (Å²) in [6.45, 7) is 8.49. The van der Waals surface area contributed by atoms with Crippen LogP contribution in [0.4, 0.5) is 0 Å². The molecule has 0 aliphatic rings. The fraction of sp³-hybridized carbons (Fsp3) is 0.455. The molecule has 5 N–H and O–H groups in total. The van der Waals surface area contributed by atoms with Gasteiger partial charge in [-0.3, -0.25) is 5.41 Å². The zero-order valence-corrected chi connectivity index (χ0v) is 10.3. The van der Waals surface area contributed by atoms with E-state index in [0.717, 1.165) is 13.0 Å². The van der Waals surface area contributed by atoms with Gasteiger partial charge < -0.3 is 11.5 Å². The SMILES string of the molecule is C=CN(C)C(=C(\N)C(=N)N)/[N+](=C\C)CCC. The molecule has 0 saturated carbocycles. The molecule has 0 aromatic carbocycles. The van der Waals surface area contributed by atoms with Crippen molar-refractivity contribution in [2.75, 3.05) is 13.6 Å². The van der Waals surface area contributed by atoms with E-state index in [4.69, 9.17) is 16.9 Å². The second-order valence-corrected chi connectivity index (χ2v) is 3.40. The second kappa shape index (κ2) is 6.66. The number of hydrogen-bond acceptors (Lipinski definition) is 3. The lowest BCUT2D eigenvalue weighted by atomic mass is 10.3. The first-order valence-electron chi connectivity index (χ1n) is 5.25. The van der Waals surface area contributed by atoms with Crippen LogP contribution in [0.3, 0.4) is 0 Å². The van der Waals surface area contributed by atoms with E-state index in [2.05, 4.69) is 13.5 Å². The van der Waals surface area contributed by atoms with Crippen molar-refractivity contribution in [3.05, 3.63) is 24.3 Å². The van der Waals surface area contributed by atoms with E-state index in [-0.39, 0.29) is 11.5 Å². The molecule has 16 heavy (non-hydrogen) atoms. The zero-order valence-electron chi connectivity index (χ0n) is 10.3. The third kappa shape index (κ3) is 3.42. The normalized spacial score (nSPS) is 13.1. The molecule has 0 spiro atoms. The van der Waals surface area contributed by atoms with Crippen LogP contribution in [0, 0.1) is 5.41 Å². The van der Waals surface area contributed by atoms with Crippen molar-refractivity contribution in [1.82, 2.24) is 4.90 Å². The number of hydrogen-bond donors (Lipinski definition) is 3. The Morgan fingerprint density at radius 3 is 2.38 bits per heavy atom. The Bertz CT molecular complexity index is 327. The number of amidine groups is 1. The number of nitrogens with one attached hydrogen (secondary N) is 1. The number of nitrogens with zero attached hydrogens (tertiary/aromatic N) is 2. The zero-order chi connectivity index (χ0) is 12.7. The summed E-state index contributed by atoms with van der Waals surface area (Å²) in [4.78, 5) is 1.76. The van der Waals surface area contributed by atoms with Crippen LogP contribution < -0.4 is 11.5 Å². The fourth-order valence-electron chi connectivity index (χ4n) is 1.35. The Morgan fingerprint density at radius 1 is 1.50 bits per heavy atom. The van der Waals surface area contributed by atoms with Gasteiger partial charge in [0.25, 0.3) is 0 Å². The van der Waals surface area contributed by atoms with Crippen LogP contribution >= 0.6 is 0 Å². The number of nitrogens with two attached hydrogens (primary N) is 2. The Morgan fingerprint density at radius 2 is 2.06 bits per heavy atom. The minimum atomic E-state index is -0.133. The van der Waals surface area contributed by atoms with Gasteiger partial charge in [-0.2, -0.15) is 0 Å². The van der Waals surface area contributed by atoms with Gasteiger partial charge in [0.05, 0.1) is 26.0 Å². The molecule has 0 amide bonds. The summed E-state index contributed by atoms with van der Waals surface area (Å²) in [5, 5.41) is 7.39. The maximum atomic E-state index is 7.39. The van der Waals surface area contributed by atoms with Gasteiger partial charge in [-0.25, -0.2) is 9.48 Å². The maximum absolute atomic E-state index is 7.39. The third-order valence-corrected chi connectivity index (χ3v) is 2.19. The highest BCUT2D eigenvalue weighted by Gasteiger charge is 2.21. The van der Waals surface area contributed by atoms with Crippen molar-refractivity contribution in [1.29, 1.82) is 5.41 Å². The van der Waals surface area contributed by atoms with E-state index >= 15 is 0 Å². The van der Waals surface area contributed by atoms with Crippen LogP contribution in [-0.4, -0.2) is 35.1 Å². The average molecular weight is 224 g/mol. The smallest absolute Gasteiger partial charge is 0.308 e. The van der Waals surface area contributed by atoms with Crippen molar-refractivity contribution >= 4 is 12.1 Å². The molecule has 0 rings (SSSR count). The minimum absolute atomic E-state index is 0.133. The lowest BCUT2D eigenvalue weighted by Gasteiger charge is -2.16. The summed E-state index contributed by atoms with van der Waals surface area (Å²) in [5.41, 5.74) is 11.5. The van der Waals surface area contributed by atoms with Gasteiger partial charge in [-0.05, 0) is 13.3 Å². The van der Waals surface area contributed by atoms with Crippen LogP contribution in [0.5, 0.6) is 0 Å². The van der Waals surface area contributed by atoms with Gasteiger partial charge >= 0.3 is 5.82 Å². The summed E-state index contributed by atoms with van der Waals surface area (Å²) in [5.74, 6) is 0.554. The van der Waals surface area contributed by atoms with Gasteiger partial charge in [-0.15, -0.1) is 0 Å². The van der Waals surface area contributed by atoms with Gasteiger partial charge in [-0.1, -0.05) is 13.5 Å². The highest BCUT2D eigenvalue weighted by molar-refractivity contribution is 5.93. The third-order valence-electron chi connectivity index (χ3n) is 2.19. The van der Waals surface area contributed by atoms with Gasteiger partial charge in [0.15, 0.2) is 5.70 Å². The molecule has 0 aliphatic carbocycles. The van der Waals surface area contributed by atoms with E-state index in [1.807, 2.05) is 24.8 Å². The molecule has 0 aromatic rings. The van der Waals surface area contributed by atoms with Crippen molar-refractivity contribution in [3.63, 3.8) is 0 Å². The molecule has 0 atom stereocenters. The van der Waals surface area contributed by atoms with Gasteiger partial charge in [0.1, 0.15) is 5.84 Å².